The van der Waals surface area contributed by atoms with E-state index in [0.29, 0.717) is 24.4 Å². The highest BCUT2D eigenvalue weighted by molar-refractivity contribution is 7.15. The number of halogens is 1. The summed E-state index contributed by atoms with van der Waals surface area (Å²) in [5, 5.41) is 11.5. The van der Waals surface area contributed by atoms with Gasteiger partial charge in [0.15, 0.2) is 0 Å². The number of methoxy groups -OCH3 is 1. The van der Waals surface area contributed by atoms with Crippen LogP contribution in [0.2, 0.25) is 0 Å². The maximum absolute atomic E-state index is 11.3. The molecule has 0 aliphatic carbocycles. The van der Waals surface area contributed by atoms with Gasteiger partial charge in [-0.1, -0.05) is 11.3 Å². The molecule has 0 saturated carbocycles. The van der Waals surface area contributed by atoms with E-state index >= 15 is 0 Å². The van der Waals surface area contributed by atoms with Crippen LogP contribution >= 0.6 is 23.7 Å². The van der Waals surface area contributed by atoms with Crippen LogP contribution in [-0.4, -0.2) is 35.2 Å². The van der Waals surface area contributed by atoms with E-state index in [0.717, 1.165) is 5.01 Å². The lowest BCUT2D eigenvalue weighted by Crippen LogP contribution is -2.32. The van der Waals surface area contributed by atoms with E-state index in [2.05, 4.69) is 20.3 Å². The first-order valence-corrected chi connectivity index (χ1v) is 6.30. The van der Waals surface area contributed by atoms with Crippen LogP contribution < -0.4 is 11.1 Å². The van der Waals surface area contributed by atoms with E-state index < -0.39 is 6.04 Å². The van der Waals surface area contributed by atoms with Gasteiger partial charge in [-0.05, 0) is 13.3 Å². The molecule has 0 radical (unpaired) electrons. The molecule has 1 aromatic heterocycles. The molecule has 1 amide bonds. The second-order valence-corrected chi connectivity index (χ2v) is 4.77. The minimum absolute atomic E-state index is 0. The molecule has 1 aromatic rings. The highest BCUT2D eigenvalue weighted by atomic mass is 35.5. The zero-order chi connectivity index (χ0) is 13.5. The number of ether oxygens (including phenoxy) is 1. The lowest BCUT2D eigenvalue weighted by atomic mass is 10.2. The molecule has 0 aliphatic rings. The van der Waals surface area contributed by atoms with Crippen LogP contribution in [0.15, 0.2) is 0 Å². The molecule has 7 nitrogen and oxygen atoms in total. The molecule has 0 aliphatic heterocycles. The number of anilines is 1. The zero-order valence-electron chi connectivity index (χ0n) is 10.7. The van der Waals surface area contributed by atoms with Gasteiger partial charge in [0, 0.05) is 12.8 Å². The topological polar surface area (TPSA) is 107 Å². The SMILES string of the molecule is COC(=O)CCCc1nnc(NC(=O)[C@H](C)N)s1.Cl. The summed E-state index contributed by atoms with van der Waals surface area (Å²) in [6, 6.07) is -0.586. The van der Waals surface area contributed by atoms with Crippen LogP contribution in [0, 0.1) is 0 Å². The van der Waals surface area contributed by atoms with Gasteiger partial charge in [-0.15, -0.1) is 22.6 Å². The number of esters is 1. The van der Waals surface area contributed by atoms with Crippen molar-refractivity contribution in [2.75, 3.05) is 12.4 Å². The summed E-state index contributed by atoms with van der Waals surface area (Å²) < 4.78 is 4.53. The third-order valence-electron chi connectivity index (χ3n) is 2.11. The van der Waals surface area contributed by atoms with Crippen molar-refractivity contribution in [3.8, 4) is 0 Å². The normalized spacial score (nSPS) is 11.3. The van der Waals surface area contributed by atoms with Crippen molar-refractivity contribution in [1.29, 1.82) is 0 Å². The molecular formula is C10H17ClN4O3S. The number of aryl methyl sites for hydroxylation is 1. The van der Waals surface area contributed by atoms with Crippen LogP contribution in [0.4, 0.5) is 5.13 Å². The van der Waals surface area contributed by atoms with Crippen LogP contribution in [0.3, 0.4) is 0 Å². The predicted octanol–water partition coefficient (Wildman–Crippen LogP) is 0.741. The van der Waals surface area contributed by atoms with E-state index in [-0.39, 0.29) is 24.3 Å². The van der Waals surface area contributed by atoms with Crippen molar-refractivity contribution in [3.63, 3.8) is 0 Å². The first-order chi connectivity index (χ1) is 8.52. The van der Waals surface area contributed by atoms with Crippen LogP contribution in [0.1, 0.15) is 24.8 Å². The second-order valence-electron chi connectivity index (χ2n) is 3.71. The summed E-state index contributed by atoms with van der Waals surface area (Å²) in [4.78, 5) is 22.2. The Hall–Kier alpha value is -1.25. The lowest BCUT2D eigenvalue weighted by Gasteiger charge is -2.02. The molecule has 0 fully saturated rings. The smallest absolute Gasteiger partial charge is 0.305 e. The number of hydrogen-bond acceptors (Lipinski definition) is 7. The molecule has 9 heteroatoms. The highest BCUT2D eigenvalue weighted by Gasteiger charge is 2.11. The molecule has 0 bridgehead atoms. The van der Waals surface area contributed by atoms with Crippen molar-refractivity contribution < 1.29 is 14.3 Å². The van der Waals surface area contributed by atoms with Crippen molar-refractivity contribution in [2.24, 2.45) is 5.73 Å². The average molecular weight is 309 g/mol. The van der Waals surface area contributed by atoms with Gasteiger partial charge in [0.2, 0.25) is 11.0 Å². The number of nitrogens with zero attached hydrogens (tertiary/aromatic N) is 2. The van der Waals surface area contributed by atoms with Crippen LogP contribution in [0.25, 0.3) is 0 Å². The minimum Gasteiger partial charge on any atom is -0.469 e. The molecule has 1 rings (SSSR count). The van der Waals surface area contributed by atoms with Crippen molar-refractivity contribution >= 4 is 40.8 Å². The van der Waals surface area contributed by atoms with Crippen molar-refractivity contribution in [1.82, 2.24) is 10.2 Å². The van der Waals surface area contributed by atoms with E-state index in [1.54, 1.807) is 6.92 Å². The largest absolute Gasteiger partial charge is 0.469 e. The van der Waals surface area contributed by atoms with Crippen LogP contribution in [-0.2, 0) is 20.7 Å². The van der Waals surface area contributed by atoms with Crippen LogP contribution in [0.5, 0.6) is 0 Å². The number of nitrogens with one attached hydrogen (secondary N) is 1. The fourth-order valence-electron chi connectivity index (χ4n) is 1.11. The molecule has 0 saturated heterocycles. The predicted molar refractivity (Wildman–Crippen MR) is 74.4 cm³/mol. The summed E-state index contributed by atoms with van der Waals surface area (Å²) in [7, 11) is 1.36. The summed E-state index contributed by atoms with van der Waals surface area (Å²) in [5.74, 6) is -0.544. The number of aromatic nitrogens is 2. The maximum Gasteiger partial charge on any atom is 0.305 e. The molecule has 1 heterocycles. The Morgan fingerprint density at radius 3 is 2.74 bits per heavy atom. The first kappa shape index (κ1) is 17.8. The number of amides is 1. The van der Waals surface area contributed by atoms with Gasteiger partial charge in [-0.25, -0.2) is 0 Å². The Labute approximate surface area is 121 Å². The molecule has 19 heavy (non-hydrogen) atoms. The van der Waals surface area contributed by atoms with Gasteiger partial charge >= 0.3 is 5.97 Å². The van der Waals surface area contributed by atoms with E-state index in [9.17, 15) is 9.59 Å². The number of carbonyl (C=O) groups excluding carboxylic acids is 2. The summed E-state index contributed by atoms with van der Waals surface area (Å²) >= 11 is 1.28. The van der Waals surface area contributed by atoms with Gasteiger partial charge in [-0.3, -0.25) is 14.9 Å². The average Bonchev–Trinajstić information content (AvgIpc) is 2.76. The molecular weight excluding hydrogens is 292 g/mol. The van der Waals surface area contributed by atoms with Gasteiger partial charge < -0.3 is 10.5 Å². The molecule has 0 unspecified atom stereocenters. The third-order valence-corrected chi connectivity index (χ3v) is 3.01. The molecule has 1 atom stereocenters. The Bertz CT molecular complexity index is 425. The molecule has 0 aromatic carbocycles. The Kier molecular flexibility index (Phi) is 8.21. The van der Waals surface area contributed by atoms with Crippen molar-refractivity contribution in [2.45, 2.75) is 32.2 Å². The molecule has 3 N–H and O–H groups in total. The minimum atomic E-state index is -0.586. The van der Waals surface area contributed by atoms with E-state index in [1.807, 2.05) is 0 Å². The second kappa shape index (κ2) is 8.78. The summed E-state index contributed by atoms with van der Waals surface area (Å²) in [6.07, 6.45) is 1.61. The van der Waals surface area contributed by atoms with E-state index in [4.69, 9.17) is 5.73 Å². The quantitative estimate of drug-likeness (QED) is 0.751. The fourth-order valence-corrected chi connectivity index (χ4v) is 1.89. The Balaban J connectivity index is 0.00000324. The number of nitrogens with two attached hydrogens (primary N) is 1. The Morgan fingerprint density at radius 2 is 2.16 bits per heavy atom. The lowest BCUT2D eigenvalue weighted by molar-refractivity contribution is -0.140. The summed E-state index contributed by atoms with van der Waals surface area (Å²) in [6.45, 7) is 1.59. The fraction of sp³-hybridized carbons (Fsp3) is 0.600. The van der Waals surface area contributed by atoms with Gasteiger partial charge in [0.1, 0.15) is 5.01 Å². The number of rotatable bonds is 6. The van der Waals surface area contributed by atoms with Gasteiger partial charge in [0.25, 0.3) is 0 Å². The molecule has 0 spiro atoms. The highest BCUT2D eigenvalue weighted by Crippen LogP contribution is 2.17. The third kappa shape index (κ3) is 6.46. The number of hydrogen-bond donors (Lipinski definition) is 2. The number of carbonyl (C=O) groups is 2. The maximum atomic E-state index is 11.3. The molecule has 108 valence electrons. The van der Waals surface area contributed by atoms with Gasteiger partial charge in [-0.2, -0.15) is 0 Å². The summed E-state index contributed by atoms with van der Waals surface area (Å²) in [5.41, 5.74) is 5.41. The van der Waals surface area contributed by atoms with E-state index in [1.165, 1.54) is 18.4 Å². The Morgan fingerprint density at radius 1 is 1.47 bits per heavy atom. The van der Waals surface area contributed by atoms with Gasteiger partial charge in [0.05, 0.1) is 13.2 Å². The first-order valence-electron chi connectivity index (χ1n) is 5.48. The zero-order valence-corrected chi connectivity index (χ0v) is 12.3. The van der Waals surface area contributed by atoms with Crippen molar-refractivity contribution in [3.05, 3.63) is 5.01 Å². The monoisotopic (exact) mass is 308 g/mol. The standard InChI is InChI=1S/C10H16N4O3S.ClH/c1-6(11)9(16)12-10-14-13-7(18-10)4-3-5-8(15)17-2;/h6H,3-5,11H2,1-2H3,(H,12,14,16);1H/t6-;/m0./s1.